The molecule has 0 radical (unpaired) electrons. The SMILES string of the molecule is CN(C)C(=O)COc1ccc(NC(=O)[C@@]23CCCC[C@H]2CNC3)cc1Cl.Cl. The van der Waals surface area contributed by atoms with Crippen molar-refractivity contribution in [2.24, 2.45) is 11.3 Å². The number of carbonyl (C=O) groups is 2. The number of fused-ring (bicyclic) bond motifs is 1. The number of halogens is 2. The number of amides is 2. The van der Waals surface area contributed by atoms with Gasteiger partial charge in [-0.05, 0) is 43.5 Å². The average Bonchev–Trinajstić information content (AvgIpc) is 3.06. The molecule has 2 atom stereocenters. The molecule has 1 aromatic carbocycles. The Morgan fingerprint density at radius 3 is 2.85 bits per heavy atom. The summed E-state index contributed by atoms with van der Waals surface area (Å²) in [5, 5.41) is 6.79. The molecule has 27 heavy (non-hydrogen) atoms. The first-order chi connectivity index (χ1) is 12.4. The number of hydrogen-bond donors (Lipinski definition) is 2. The maximum absolute atomic E-state index is 13.0. The van der Waals surface area contributed by atoms with Gasteiger partial charge >= 0.3 is 0 Å². The minimum Gasteiger partial charge on any atom is -0.482 e. The molecule has 8 heteroatoms. The van der Waals surface area contributed by atoms with Gasteiger partial charge in [-0.15, -0.1) is 12.4 Å². The van der Waals surface area contributed by atoms with Crippen LogP contribution in [0, 0.1) is 11.3 Å². The third-order valence-electron chi connectivity index (χ3n) is 5.53. The van der Waals surface area contributed by atoms with Crippen LogP contribution in [0.1, 0.15) is 25.7 Å². The smallest absolute Gasteiger partial charge is 0.259 e. The minimum atomic E-state index is -0.308. The fraction of sp³-hybridized carbons (Fsp3) is 0.579. The summed E-state index contributed by atoms with van der Waals surface area (Å²) in [5.41, 5.74) is 0.342. The minimum absolute atomic E-state index is 0. The topological polar surface area (TPSA) is 70.7 Å². The van der Waals surface area contributed by atoms with Gasteiger partial charge in [-0.2, -0.15) is 0 Å². The van der Waals surface area contributed by atoms with E-state index < -0.39 is 0 Å². The van der Waals surface area contributed by atoms with Gasteiger partial charge in [0.2, 0.25) is 5.91 Å². The zero-order chi connectivity index (χ0) is 18.7. The highest BCUT2D eigenvalue weighted by Gasteiger charge is 2.49. The van der Waals surface area contributed by atoms with Crippen LogP contribution in [-0.4, -0.2) is 50.5 Å². The van der Waals surface area contributed by atoms with E-state index in [1.807, 2.05) is 0 Å². The molecule has 2 aliphatic rings. The summed E-state index contributed by atoms with van der Waals surface area (Å²) < 4.78 is 5.46. The van der Waals surface area contributed by atoms with Crippen molar-refractivity contribution >= 4 is 41.5 Å². The molecule has 0 spiro atoms. The van der Waals surface area contributed by atoms with Crippen LogP contribution in [0.25, 0.3) is 0 Å². The maximum Gasteiger partial charge on any atom is 0.259 e. The number of hydrogen-bond acceptors (Lipinski definition) is 4. The Bertz CT molecular complexity index is 699. The Kier molecular flexibility index (Phi) is 7.37. The number of rotatable bonds is 5. The lowest BCUT2D eigenvalue weighted by molar-refractivity contribution is -0.130. The van der Waals surface area contributed by atoms with E-state index in [1.54, 1.807) is 32.3 Å². The molecule has 2 amide bonds. The van der Waals surface area contributed by atoms with E-state index in [-0.39, 0.29) is 36.2 Å². The maximum atomic E-state index is 13.0. The number of carbonyl (C=O) groups excluding carboxylic acids is 2. The first-order valence-corrected chi connectivity index (χ1v) is 9.45. The van der Waals surface area contributed by atoms with Gasteiger partial charge in [-0.25, -0.2) is 0 Å². The zero-order valence-electron chi connectivity index (χ0n) is 15.7. The summed E-state index contributed by atoms with van der Waals surface area (Å²) in [5.74, 6) is 0.761. The second kappa shape index (κ2) is 9.13. The molecule has 1 saturated heterocycles. The first-order valence-electron chi connectivity index (χ1n) is 9.07. The number of benzene rings is 1. The van der Waals surface area contributed by atoms with Crippen molar-refractivity contribution in [1.29, 1.82) is 0 Å². The number of nitrogens with zero attached hydrogens (tertiary/aromatic N) is 1. The van der Waals surface area contributed by atoms with Crippen LogP contribution >= 0.6 is 24.0 Å². The van der Waals surface area contributed by atoms with E-state index in [4.69, 9.17) is 16.3 Å². The van der Waals surface area contributed by atoms with E-state index in [1.165, 1.54) is 11.3 Å². The van der Waals surface area contributed by atoms with Gasteiger partial charge in [-0.3, -0.25) is 9.59 Å². The standard InChI is InChI=1S/C19H26ClN3O3.ClH/c1-23(2)17(24)11-26-16-7-6-14(9-15(16)20)22-18(25)19-8-4-3-5-13(19)10-21-12-19;/h6-7,9,13,21H,3-5,8,10-12H2,1-2H3,(H,22,25);1H/t13-,19+;/m0./s1. The van der Waals surface area contributed by atoms with Crippen LogP contribution in [0.15, 0.2) is 18.2 Å². The summed E-state index contributed by atoms with van der Waals surface area (Å²) in [6.07, 6.45) is 4.33. The number of nitrogens with one attached hydrogen (secondary N) is 2. The summed E-state index contributed by atoms with van der Waals surface area (Å²) in [7, 11) is 3.34. The van der Waals surface area contributed by atoms with Crippen LogP contribution in [0.2, 0.25) is 5.02 Å². The monoisotopic (exact) mass is 415 g/mol. The molecule has 3 rings (SSSR count). The molecular weight excluding hydrogens is 389 g/mol. The highest BCUT2D eigenvalue weighted by Crippen LogP contribution is 2.44. The van der Waals surface area contributed by atoms with Gasteiger partial charge in [-0.1, -0.05) is 24.4 Å². The molecular formula is C19H27Cl2N3O3. The predicted molar refractivity (Wildman–Crippen MR) is 109 cm³/mol. The summed E-state index contributed by atoms with van der Waals surface area (Å²) >= 11 is 6.26. The second-order valence-electron chi connectivity index (χ2n) is 7.41. The van der Waals surface area contributed by atoms with E-state index in [9.17, 15) is 9.59 Å². The number of likely N-dealkylation sites (N-methyl/N-ethyl adjacent to an activating group) is 1. The van der Waals surface area contributed by atoms with E-state index in [0.29, 0.717) is 22.4 Å². The highest BCUT2D eigenvalue weighted by molar-refractivity contribution is 6.32. The Balaban J connectivity index is 0.00000261. The van der Waals surface area contributed by atoms with E-state index in [0.717, 1.165) is 32.4 Å². The van der Waals surface area contributed by atoms with Crippen LogP contribution < -0.4 is 15.4 Å². The van der Waals surface area contributed by atoms with Crippen molar-refractivity contribution in [3.8, 4) is 5.75 Å². The van der Waals surface area contributed by atoms with E-state index >= 15 is 0 Å². The third-order valence-corrected chi connectivity index (χ3v) is 5.83. The van der Waals surface area contributed by atoms with Crippen molar-refractivity contribution in [2.45, 2.75) is 25.7 Å². The number of ether oxygens (including phenoxy) is 1. The molecule has 2 fully saturated rings. The van der Waals surface area contributed by atoms with Gasteiger partial charge in [0.1, 0.15) is 5.75 Å². The van der Waals surface area contributed by atoms with Crippen LogP contribution in [0.3, 0.4) is 0 Å². The molecule has 1 aliphatic heterocycles. The van der Waals surface area contributed by atoms with Crippen molar-refractivity contribution in [1.82, 2.24) is 10.2 Å². The Hall–Kier alpha value is -1.50. The molecule has 1 heterocycles. The summed E-state index contributed by atoms with van der Waals surface area (Å²) in [4.78, 5) is 26.1. The summed E-state index contributed by atoms with van der Waals surface area (Å²) in [6.45, 7) is 1.58. The van der Waals surface area contributed by atoms with Crippen LogP contribution in [0.5, 0.6) is 5.75 Å². The molecule has 0 aromatic heterocycles. The Morgan fingerprint density at radius 2 is 2.15 bits per heavy atom. The largest absolute Gasteiger partial charge is 0.482 e. The van der Waals surface area contributed by atoms with Crippen molar-refractivity contribution in [3.05, 3.63) is 23.2 Å². The molecule has 150 valence electrons. The molecule has 0 unspecified atom stereocenters. The average molecular weight is 416 g/mol. The van der Waals surface area contributed by atoms with Gasteiger partial charge in [0.15, 0.2) is 6.61 Å². The predicted octanol–water partition coefficient (Wildman–Crippen LogP) is 2.95. The second-order valence-corrected chi connectivity index (χ2v) is 7.81. The molecule has 6 nitrogen and oxygen atoms in total. The molecule has 1 saturated carbocycles. The Labute approximate surface area is 171 Å². The van der Waals surface area contributed by atoms with Crippen molar-refractivity contribution in [3.63, 3.8) is 0 Å². The number of anilines is 1. The van der Waals surface area contributed by atoms with E-state index in [2.05, 4.69) is 10.6 Å². The fourth-order valence-corrected chi connectivity index (χ4v) is 4.15. The van der Waals surface area contributed by atoms with Gasteiger partial charge in [0.05, 0.1) is 10.4 Å². The zero-order valence-corrected chi connectivity index (χ0v) is 17.3. The molecule has 0 bridgehead atoms. The van der Waals surface area contributed by atoms with Crippen LogP contribution in [0.4, 0.5) is 5.69 Å². The summed E-state index contributed by atoms with van der Waals surface area (Å²) in [6, 6.07) is 5.12. The lowest BCUT2D eigenvalue weighted by Gasteiger charge is -2.37. The van der Waals surface area contributed by atoms with Crippen molar-refractivity contribution < 1.29 is 14.3 Å². The normalized spacial score (nSPS) is 23.7. The first kappa shape index (κ1) is 21.8. The van der Waals surface area contributed by atoms with Gasteiger partial charge in [0, 0.05) is 26.3 Å². The quantitative estimate of drug-likeness (QED) is 0.775. The lowest BCUT2D eigenvalue weighted by atomic mass is 9.67. The van der Waals surface area contributed by atoms with Crippen molar-refractivity contribution in [2.75, 3.05) is 39.1 Å². The lowest BCUT2D eigenvalue weighted by Crippen LogP contribution is -2.44. The highest BCUT2D eigenvalue weighted by atomic mass is 35.5. The molecule has 1 aromatic rings. The third kappa shape index (κ3) is 4.68. The molecule has 1 aliphatic carbocycles. The van der Waals surface area contributed by atoms with Crippen LogP contribution in [-0.2, 0) is 9.59 Å². The fourth-order valence-electron chi connectivity index (χ4n) is 3.91. The Morgan fingerprint density at radius 1 is 1.37 bits per heavy atom. The molecule has 2 N–H and O–H groups in total. The van der Waals surface area contributed by atoms with Gasteiger partial charge < -0.3 is 20.3 Å². The van der Waals surface area contributed by atoms with Gasteiger partial charge in [0.25, 0.3) is 5.91 Å².